The molecular weight excluding hydrogens is 301 g/mol. The molecule has 21 heavy (non-hydrogen) atoms. The summed E-state index contributed by atoms with van der Waals surface area (Å²) in [6, 6.07) is 9.60. The molecule has 3 rings (SSSR count). The summed E-state index contributed by atoms with van der Waals surface area (Å²) < 4.78 is 13.0. The molecule has 2 aromatic rings. The van der Waals surface area contributed by atoms with Crippen LogP contribution in [0.4, 0.5) is 4.39 Å². The van der Waals surface area contributed by atoms with Crippen LogP contribution in [0.1, 0.15) is 33.8 Å². The first kappa shape index (κ1) is 15.1. The molecule has 112 valence electrons. The molecular formula is C17H20FNS2. The van der Waals surface area contributed by atoms with Gasteiger partial charge in [0.15, 0.2) is 0 Å². The highest BCUT2D eigenvalue weighted by atomic mass is 32.2. The highest BCUT2D eigenvalue weighted by Crippen LogP contribution is 2.35. The Labute approximate surface area is 134 Å². The molecule has 1 aliphatic rings. The van der Waals surface area contributed by atoms with Crippen LogP contribution in [-0.4, -0.2) is 12.3 Å². The fourth-order valence-electron chi connectivity index (χ4n) is 2.72. The van der Waals surface area contributed by atoms with Gasteiger partial charge in [-0.05, 0) is 54.5 Å². The highest BCUT2D eigenvalue weighted by Gasteiger charge is 2.19. The van der Waals surface area contributed by atoms with E-state index < -0.39 is 0 Å². The predicted molar refractivity (Wildman–Crippen MR) is 90.7 cm³/mol. The van der Waals surface area contributed by atoms with E-state index in [1.165, 1.54) is 28.2 Å². The minimum atomic E-state index is -0.164. The Hall–Kier alpha value is -0.840. The molecule has 1 unspecified atom stereocenters. The molecule has 0 radical (unpaired) electrons. The lowest BCUT2D eigenvalue weighted by Gasteiger charge is -2.16. The molecule has 0 saturated heterocycles. The van der Waals surface area contributed by atoms with Crippen molar-refractivity contribution in [3.63, 3.8) is 0 Å². The molecule has 1 aliphatic heterocycles. The van der Waals surface area contributed by atoms with Crippen molar-refractivity contribution in [2.45, 2.75) is 31.6 Å². The standard InChI is InChI=1S/C17H20FNS2/c1-2-19-15(9-12-3-5-14(18)6-4-12)17-10-13-11-20-8-7-16(13)21-17/h3-6,10,15,19H,2,7-9,11H2,1H3. The Kier molecular flexibility index (Phi) is 4.99. The van der Waals surface area contributed by atoms with Crippen LogP contribution in [0.3, 0.4) is 0 Å². The molecule has 2 heterocycles. The van der Waals surface area contributed by atoms with Gasteiger partial charge in [0.2, 0.25) is 0 Å². The quantitative estimate of drug-likeness (QED) is 0.866. The van der Waals surface area contributed by atoms with Gasteiger partial charge in [0.1, 0.15) is 5.82 Å². The second kappa shape index (κ2) is 6.95. The fraction of sp³-hybridized carbons (Fsp3) is 0.412. The van der Waals surface area contributed by atoms with Crippen molar-refractivity contribution in [2.75, 3.05) is 12.3 Å². The lowest BCUT2D eigenvalue weighted by molar-refractivity contribution is 0.556. The van der Waals surface area contributed by atoms with Gasteiger partial charge in [-0.15, -0.1) is 11.3 Å². The van der Waals surface area contributed by atoms with Gasteiger partial charge >= 0.3 is 0 Å². The van der Waals surface area contributed by atoms with Gasteiger partial charge in [0.25, 0.3) is 0 Å². The van der Waals surface area contributed by atoms with Crippen molar-refractivity contribution in [2.24, 2.45) is 0 Å². The van der Waals surface area contributed by atoms with Crippen LogP contribution in [-0.2, 0) is 18.6 Å². The van der Waals surface area contributed by atoms with E-state index in [1.807, 2.05) is 35.2 Å². The molecule has 0 saturated carbocycles. The molecule has 1 aromatic carbocycles. The van der Waals surface area contributed by atoms with Gasteiger partial charge in [-0.3, -0.25) is 0 Å². The summed E-state index contributed by atoms with van der Waals surface area (Å²) in [4.78, 5) is 2.99. The number of nitrogens with one attached hydrogen (secondary N) is 1. The Morgan fingerprint density at radius 3 is 2.81 bits per heavy atom. The van der Waals surface area contributed by atoms with Crippen molar-refractivity contribution in [3.8, 4) is 0 Å². The second-order valence-electron chi connectivity index (χ2n) is 5.34. The monoisotopic (exact) mass is 321 g/mol. The highest BCUT2D eigenvalue weighted by molar-refractivity contribution is 7.98. The van der Waals surface area contributed by atoms with Crippen molar-refractivity contribution in [1.29, 1.82) is 0 Å². The lowest BCUT2D eigenvalue weighted by atomic mass is 10.0. The summed E-state index contributed by atoms with van der Waals surface area (Å²) in [5.41, 5.74) is 2.70. The van der Waals surface area contributed by atoms with Crippen molar-refractivity contribution >= 4 is 23.1 Å². The van der Waals surface area contributed by atoms with Crippen LogP contribution in [0.5, 0.6) is 0 Å². The van der Waals surface area contributed by atoms with Crippen molar-refractivity contribution in [3.05, 3.63) is 57.0 Å². The van der Waals surface area contributed by atoms with Crippen LogP contribution >= 0.6 is 23.1 Å². The predicted octanol–water partition coefficient (Wildman–Crippen LogP) is 4.57. The molecule has 4 heteroatoms. The zero-order valence-corrected chi connectivity index (χ0v) is 13.8. The molecule has 0 spiro atoms. The average Bonchev–Trinajstić information content (AvgIpc) is 2.93. The number of fused-ring (bicyclic) bond motifs is 1. The largest absolute Gasteiger partial charge is 0.309 e. The van der Waals surface area contributed by atoms with Crippen molar-refractivity contribution < 1.29 is 4.39 Å². The smallest absolute Gasteiger partial charge is 0.123 e. The van der Waals surface area contributed by atoms with Crippen LogP contribution in [0.25, 0.3) is 0 Å². The summed E-state index contributed by atoms with van der Waals surface area (Å²) in [5.74, 6) is 2.24. The zero-order valence-electron chi connectivity index (χ0n) is 12.2. The maximum atomic E-state index is 13.0. The second-order valence-corrected chi connectivity index (χ2v) is 7.61. The Morgan fingerprint density at radius 2 is 2.10 bits per heavy atom. The van der Waals surface area contributed by atoms with E-state index >= 15 is 0 Å². The number of hydrogen-bond donors (Lipinski definition) is 1. The minimum Gasteiger partial charge on any atom is -0.309 e. The third-order valence-corrected chi connectivity index (χ3v) is 6.15. The van der Waals surface area contributed by atoms with Gasteiger partial charge in [-0.25, -0.2) is 4.39 Å². The molecule has 0 bridgehead atoms. The Balaban J connectivity index is 1.80. The molecule has 0 fully saturated rings. The lowest BCUT2D eigenvalue weighted by Crippen LogP contribution is -2.22. The first-order valence-electron chi connectivity index (χ1n) is 7.43. The first-order chi connectivity index (χ1) is 10.3. The average molecular weight is 321 g/mol. The molecule has 1 nitrogen and oxygen atoms in total. The molecule has 1 aromatic heterocycles. The maximum absolute atomic E-state index is 13.0. The zero-order chi connectivity index (χ0) is 14.7. The summed E-state index contributed by atoms with van der Waals surface area (Å²) in [6.07, 6.45) is 2.13. The van der Waals surface area contributed by atoms with Crippen LogP contribution < -0.4 is 5.32 Å². The van der Waals surface area contributed by atoms with Gasteiger partial charge in [-0.1, -0.05) is 19.1 Å². The first-order valence-corrected chi connectivity index (χ1v) is 9.40. The fourth-order valence-corrected chi connectivity index (χ4v) is 5.17. The normalized spacial score (nSPS) is 15.7. The molecule has 1 N–H and O–H groups in total. The van der Waals surface area contributed by atoms with Crippen LogP contribution in [0.2, 0.25) is 0 Å². The molecule has 1 atom stereocenters. The third-order valence-electron chi connectivity index (χ3n) is 3.79. The number of halogens is 1. The van der Waals surface area contributed by atoms with Crippen LogP contribution in [0.15, 0.2) is 30.3 Å². The van der Waals surface area contributed by atoms with E-state index in [0.717, 1.165) is 18.7 Å². The molecule has 0 aliphatic carbocycles. The summed E-state index contributed by atoms with van der Waals surface area (Å²) in [7, 11) is 0. The number of aryl methyl sites for hydroxylation is 1. The van der Waals surface area contributed by atoms with E-state index in [2.05, 4.69) is 18.3 Å². The van der Waals surface area contributed by atoms with Crippen molar-refractivity contribution in [1.82, 2.24) is 5.32 Å². The van der Waals surface area contributed by atoms with Gasteiger partial charge < -0.3 is 5.32 Å². The van der Waals surface area contributed by atoms with Crippen LogP contribution in [0, 0.1) is 5.82 Å². The van der Waals surface area contributed by atoms with Gasteiger partial charge in [0.05, 0.1) is 0 Å². The number of thiophene rings is 1. The minimum absolute atomic E-state index is 0.164. The third kappa shape index (κ3) is 3.68. The molecule has 0 amide bonds. The topological polar surface area (TPSA) is 12.0 Å². The number of thioether (sulfide) groups is 1. The Morgan fingerprint density at radius 1 is 1.29 bits per heavy atom. The summed E-state index contributed by atoms with van der Waals surface area (Å²) >= 11 is 3.98. The number of hydrogen-bond acceptors (Lipinski definition) is 3. The Bertz CT molecular complexity index is 568. The number of benzene rings is 1. The summed E-state index contributed by atoms with van der Waals surface area (Å²) in [6.45, 7) is 3.09. The number of likely N-dealkylation sites (N-methyl/N-ethyl adjacent to an activating group) is 1. The van der Waals surface area contributed by atoms with Gasteiger partial charge in [0, 0.05) is 21.5 Å². The SMILES string of the molecule is CCNC(Cc1ccc(F)cc1)c1cc2c(s1)CCSC2. The van der Waals surface area contributed by atoms with E-state index in [4.69, 9.17) is 0 Å². The number of rotatable bonds is 5. The van der Waals surface area contributed by atoms with E-state index in [0.29, 0.717) is 6.04 Å². The maximum Gasteiger partial charge on any atom is 0.123 e. The van der Waals surface area contributed by atoms with E-state index in [-0.39, 0.29) is 5.82 Å². The van der Waals surface area contributed by atoms with E-state index in [9.17, 15) is 4.39 Å². The van der Waals surface area contributed by atoms with E-state index in [1.54, 1.807) is 17.0 Å². The van der Waals surface area contributed by atoms with Gasteiger partial charge in [-0.2, -0.15) is 11.8 Å². The summed E-state index contributed by atoms with van der Waals surface area (Å²) in [5, 5.41) is 3.58.